The fourth-order valence-corrected chi connectivity index (χ4v) is 13.6. The number of alkyl halides is 3. The number of primary amides is 2. The number of rotatable bonds is 12. The van der Waals surface area contributed by atoms with E-state index in [2.05, 4.69) is 19.9 Å². The molecule has 0 bridgehead atoms. The van der Waals surface area contributed by atoms with Gasteiger partial charge in [-0.2, -0.15) is 0 Å². The third kappa shape index (κ3) is 14.9. The summed E-state index contributed by atoms with van der Waals surface area (Å²) in [5, 5.41) is 11.8. The van der Waals surface area contributed by atoms with Crippen molar-refractivity contribution in [3.63, 3.8) is 0 Å². The number of carboxylic acid groups (broad SMARTS) is 1. The van der Waals surface area contributed by atoms with E-state index in [1.165, 1.54) is 16.0 Å². The molecular weight excluding hydrogens is 1300 g/mol. The number of carbonyl (C=O) groups is 8. The number of hydrogen-bond donors (Lipinski definition) is 3. The standard InChI is InChI=1S/C26H28FN5O3.C26H27FN4O4.C23H26FN5O2/c1-26(27)8-12-30(13-9-26)24(34)19-14-17-7-11-31(23(17)29-16-19)20-5-2-4-18(15-20)25(35)32-10-3-6-21(32)22(28)33;1-26(27)8-12-29(13-9-26)23(32)19-14-17-7-11-30(22(17)28-16-19)20-5-2-4-18(15-20)24(33)31-10-3-6-21(31)25(34)35;1-22(2,21(25)31)17-11-18(14-26-13-17)29-7-4-15-10-16(12-27-19(15)29)20(30)28-8-5-23(3,24)6-9-28/h2,4-5,7,11,14-16,21H,3,6,8-10,12-13H2,1H3,(H2,28,33);2,4-5,7,11,14-16,21H,3,6,8-10,12-13H2,1H3,(H,34,35);4,7,10-14H,5-6,8-9H2,1-3H3,(H2,25,31)/t2*21-;/m00./s1. The molecule has 5 aliphatic heterocycles. The van der Waals surface area contributed by atoms with Crippen LogP contribution in [0.3, 0.4) is 0 Å². The molecule has 9 aromatic rings. The summed E-state index contributed by atoms with van der Waals surface area (Å²) in [6.45, 7) is 11.5. The van der Waals surface area contributed by atoms with Crippen molar-refractivity contribution in [3.05, 3.63) is 174 Å². The van der Waals surface area contributed by atoms with Gasteiger partial charge in [0.15, 0.2) is 0 Å². The SMILES string of the molecule is CC1(F)CCN(C(=O)c2cnc3c(ccn3-c3cccc(C(=O)N4CCC[C@H]4C(=O)O)c3)c2)CC1.CC1(F)CCN(C(=O)c2cnc3c(ccn3-c3cccc(C(=O)N4CCC[C@H]4C(N)=O)c3)c2)CC1.CC1(F)CCN(C(=O)c2cnc3c(ccn3-c3cncc(C(C)(C)C(N)=O)c3)c2)CC1. The highest BCUT2D eigenvalue weighted by atomic mass is 19.2. The molecule has 26 heteroatoms. The number of hydrogen-bond acceptors (Lipinski definition) is 12. The Labute approximate surface area is 580 Å². The Balaban J connectivity index is 0.000000144. The molecule has 7 amide bonds. The van der Waals surface area contributed by atoms with Gasteiger partial charge in [-0.05, 0) is 183 Å². The lowest BCUT2D eigenvalue weighted by atomic mass is 9.85. The number of amides is 7. The zero-order valence-electron chi connectivity index (χ0n) is 57.0. The monoisotopic (exact) mass is 1380 g/mol. The third-order valence-corrected chi connectivity index (χ3v) is 20.3. The van der Waals surface area contributed by atoms with Crippen LogP contribution in [0.15, 0.2) is 141 Å². The van der Waals surface area contributed by atoms with Crippen LogP contribution in [0.5, 0.6) is 0 Å². The molecule has 0 saturated carbocycles. The average molecular weight is 1380 g/mol. The van der Waals surface area contributed by atoms with Crippen LogP contribution in [-0.2, 0) is 19.8 Å². The molecule has 7 aromatic heterocycles. The number of carboxylic acids is 1. The number of pyridine rings is 4. The van der Waals surface area contributed by atoms with E-state index >= 15 is 0 Å². The quantitative estimate of drug-likeness (QED) is 0.103. The number of aliphatic carboxylic acids is 1. The minimum absolute atomic E-state index is 0.135. The van der Waals surface area contributed by atoms with Gasteiger partial charge >= 0.3 is 5.97 Å². The Morgan fingerprint density at radius 2 is 0.822 bits per heavy atom. The molecule has 0 radical (unpaired) electrons. The lowest BCUT2D eigenvalue weighted by Crippen LogP contribution is -2.43. The van der Waals surface area contributed by atoms with Gasteiger partial charge in [0.2, 0.25) is 11.8 Å². The molecule has 14 rings (SSSR count). The van der Waals surface area contributed by atoms with E-state index in [-0.39, 0.29) is 29.5 Å². The number of carbonyl (C=O) groups excluding carboxylic acids is 7. The largest absolute Gasteiger partial charge is 0.480 e. The summed E-state index contributed by atoms with van der Waals surface area (Å²) >= 11 is 0. The Hall–Kier alpha value is -10.8. The van der Waals surface area contributed by atoms with Gasteiger partial charge in [0, 0.05) is 134 Å². The summed E-state index contributed by atoms with van der Waals surface area (Å²) < 4.78 is 47.8. The van der Waals surface area contributed by atoms with Crippen LogP contribution in [0.2, 0.25) is 0 Å². The van der Waals surface area contributed by atoms with Crippen molar-refractivity contribution in [1.29, 1.82) is 0 Å². The Morgan fingerprint density at radius 3 is 1.19 bits per heavy atom. The molecule has 5 saturated heterocycles. The molecule has 5 aliphatic rings. The molecular formula is C75H81F3N14O9. The molecule has 5 fully saturated rings. The van der Waals surface area contributed by atoms with Crippen LogP contribution in [0.4, 0.5) is 13.2 Å². The smallest absolute Gasteiger partial charge is 0.326 e. The molecule has 0 unspecified atom stereocenters. The zero-order chi connectivity index (χ0) is 71.9. The second-order valence-corrected chi connectivity index (χ2v) is 28.2. The van der Waals surface area contributed by atoms with Crippen LogP contribution >= 0.6 is 0 Å². The van der Waals surface area contributed by atoms with Gasteiger partial charge in [0.25, 0.3) is 29.5 Å². The summed E-state index contributed by atoms with van der Waals surface area (Å²) in [6.07, 6.45) is 17.9. The van der Waals surface area contributed by atoms with Gasteiger partial charge in [0.05, 0.1) is 34.0 Å². The number of nitrogens with two attached hydrogens (primary N) is 2. The van der Waals surface area contributed by atoms with E-state index in [0.717, 1.165) is 34.0 Å². The first-order valence-electron chi connectivity index (χ1n) is 34.0. The lowest BCUT2D eigenvalue weighted by Gasteiger charge is -2.34. The van der Waals surface area contributed by atoms with Gasteiger partial charge in [-0.3, -0.25) is 43.1 Å². The van der Waals surface area contributed by atoms with Crippen LogP contribution < -0.4 is 11.5 Å². The highest BCUT2D eigenvalue weighted by Crippen LogP contribution is 2.33. The Bertz CT molecular complexity index is 4500. The summed E-state index contributed by atoms with van der Waals surface area (Å²) in [4.78, 5) is 126. The van der Waals surface area contributed by atoms with Crippen molar-refractivity contribution < 1.29 is 56.6 Å². The highest BCUT2D eigenvalue weighted by Gasteiger charge is 2.38. The minimum atomic E-state index is -1.23. The van der Waals surface area contributed by atoms with E-state index in [0.29, 0.717) is 166 Å². The highest BCUT2D eigenvalue weighted by molar-refractivity contribution is 6.01. The molecule has 2 aromatic carbocycles. The predicted molar refractivity (Wildman–Crippen MR) is 372 cm³/mol. The van der Waals surface area contributed by atoms with Crippen LogP contribution in [0.1, 0.15) is 156 Å². The first-order valence-corrected chi connectivity index (χ1v) is 34.0. The minimum Gasteiger partial charge on any atom is -0.480 e. The second kappa shape index (κ2) is 28.1. The van der Waals surface area contributed by atoms with Gasteiger partial charge in [0.1, 0.15) is 46.0 Å². The van der Waals surface area contributed by atoms with Crippen molar-refractivity contribution in [2.45, 2.75) is 133 Å². The van der Waals surface area contributed by atoms with Gasteiger partial charge in [-0.25, -0.2) is 32.9 Å². The average Bonchev–Trinajstić information content (AvgIpc) is 1.68. The number of aromatic nitrogens is 7. The van der Waals surface area contributed by atoms with Crippen molar-refractivity contribution in [2.24, 2.45) is 11.5 Å². The maximum atomic E-state index is 14.1. The zero-order valence-corrected chi connectivity index (χ0v) is 57.0. The molecule has 2 atom stereocenters. The number of halogens is 3. The topological polar surface area (TPSA) is 291 Å². The first-order chi connectivity index (χ1) is 48.0. The fraction of sp³-hybridized carbons (Fsp3) is 0.387. The summed E-state index contributed by atoms with van der Waals surface area (Å²) in [7, 11) is 0. The maximum absolute atomic E-state index is 14.1. The van der Waals surface area contributed by atoms with Crippen molar-refractivity contribution in [2.75, 3.05) is 52.4 Å². The normalized spacial score (nSPS) is 18.8. The van der Waals surface area contributed by atoms with Crippen LogP contribution in [0, 0.1) is 0 Å². The predicted octanol–water partition coefficient (Wildman–Crippen LogP) is 9.91. The Morgan fingerprint density at radius 1 is 0.455 bits per heavy atom. The fourth-order valence-electron chi connectivity index (χ4n) is 13.6. The van der Waals surface area contributed by atoms with Gasteiger partial charge in [-0.15, -0.1) is 0 Å². The van der Waals surface area contributed by atoms with E-state index < -0.39 is 52.3 Å². The van der Waals surface area contributed by atoms with Crippen LogP contribution in [0.25, 0.3) is 50.2 Å². The molecule has 5 N–H and O–H groups in total. The summed E-state index contributed by atoms with van der Waals surface area (Å²) in [5.74, 6) is -2.88. The number of benzene rings is 2. The van der Waals surface area contributed by atoms with E-state index in [1.54, 1.807) is 129 Å². The van der Waals surface area contributed by atoms with Gasteiger partial charge in [-0.1, -0.05) is 12.1 Å². The molecule has 12 heterocycles. The molecule has 0 spiro atoms. The van der Waals surface area contributed by atoms with Crippen LogP contribution in [-0.4, -0.2) is 192 Å². The molecule has 23 nitrogen and oxygen atoms in total. The molecule has 101 heavy (non-hydrogen) atoms. The van der Waals surface area contributed by atoms with Gasteiger partial charge < -0.3 is 50.2 Å². The van der Waals surface area contributed by atoms with E-state index in [4.69, 9.17) is 11.5 Å². The number of fused-ring (bicyclic) bond motifs is 3. The van der Waals surface area contributed by atoms with Crippen molar-refractivity contribution >= 4 is 80.4 Å². The van der Waals surface area contributed by atoms with E-state index in [1.807, 2.05) is 68.7 Å². The van der Waals surface area contributed by atoms with Crippen molar-refractivity contribution in [1.82, 2.24) is 58.1 Å². The Kier molecular flexibility index (Phi) is 19.5. The lowest BCUT2D eigenvalue weighted by molar-refractivity contribution is -0.141. The number of piperidine rings is 3. The third-order valence-electron chi connectivity index (χ3n) is 20.3. The van der Waals surface area contributed by atoms with E-state index in [9.17, 15) is 56.6 Å². The summed E-state index contributed by atoms with van der Waals surface area (Å²) in [5.41, 5.74) is 13.6. The molecule has 0 aliphatic carbocycles. The first kappa shape index (κ1) is 70.1. The summed E-state index contributed by atoms with van der Waals surface area (Å²) in [6, 6.07) is 25.6. The number of likely N-dealkylation sites (tertiary alicyclic amines) is 5. The number of nitrogens with zero attached hydrogens (tertiary/aromatic N) is 12. The molecule has 526 valence electrons. The maximum Gasteiger partial charge on any atom is 0.326 e. The van der Waals surface area contributed by atoms with Crippen molar-refractivity contribution in [3.8, 4) is 17.1 Å². The second-order valence-electron chi connectivity index (χ2n) is 28.2.